The third kappa shape index (κ3) is 4.60. The Bertz CT molecular complexity index is 1060. The highest BCUT2D eigenvalue weighted by molar-refractivity contribution is 6.31. The van der Waals surface area contributed by atoms with Crippen LogP contribution in [0.15, 0.2) is 47.0 Å². The molecule has 0 saturated carbocycles. The highest BCUT2D eigenvalue weighted by atomic mass is 35.5. The SMILES string of the molecule is N#C/C(=C\c1ccccc1OCCN1CCOCC1)c1noc2ccc(Cl)cc12. The first-order chi connectivity index (χ1) is 14.2. The number of ether oxygens (including phenoxy) is 2. The van der Waals surface area contributed by atoms with Crippen molar-refractivity contribution in [3.05, 3.63) is 58.7 Å². The number of halogens is 1. The van der Waals surface area contributed by atoms with E-state index >= 15 is 0 Å². The summed E-state index contributed by atoms with van der Waals surface area (Å²) in [5.41, 5.74) is 2.24. The molecule has 0 N–H and O–H groups in total. The van der Waals surface area contributed by atoms with Crippen molar-refractivity contribution in [1.29, 1.82) is 5.26 Å². The fourth-order valence-electron chi connectivity index (χ4n) is 3.25. The molecule has 2 aromatic carbocycles. The van der Waals surface area contributed by atoms with Crippen LogP contribution in [0.5, 0.6) is 5.75 Å². The maximum Gasteiger partial charge on any atom is 0.167 e. The summed E-state index contributed by atoms with van der Waals surface area (Å²) in [5, 5.41) is 15.1. The molecule has 1 aromatic heterocycles. The molecule has 0 atom stereocenters. The van der Waals surface area contributed by atoms with Gasteiger partial charge in [0.05, 0.1) is 24.2 Å². The number of nitriles is 1. The van der Waals surface area contributed by atoms with Gasteiger partial charge in [-0.25, -0.2) is 0 Å². The second-order valence-electron chi connectivity index (χ2n) is 6.68. The first-order valence-electron chi connectivity index (χ1n) is 9.43. The normalized spacial score (nSPS) is 15.4. The van der Waals surface area contributed by atoms with E-state index in [2.05, 4.69) is 16.1 Å². The van der Waals surface area contributed by atoms with Crippen LogP contribution in [0.1, 0.15) is 11.3 Å². The average Bonchev–Trinajstić information content (AvgIpc) is 3.16. The molecule has 7 heteroatoms. The van der Waals surface area contributed by atoms with Gasteiger partial charge in [-0.1, -0.05) is 35.0 Å². The molecule has 0 bridgehead atoms. The predicted molar refractivity (Wildman–Crippen MR) is 112 cm³/mol. The van der Waals surface area contributed by atoms with Gasteiger partial charge in [-0.05, 0) is 30.3 Å². The number of hydrogen-bond acceptors (Lipinski definition) is 6. The summed E-state index contributed by atoms with van der Waals surface area (Å²) in [7, 11) is 0. The lowest BCUT2D eigenvalue weighted by Gasteiger charge is -2.26. The van der Waals surface area contributed by atoms with E-state index in [0.29, 0.717) is 33.9 Å². The van der Waals surface area contributed by atoms with Gasteiger partial charge in [-0.2, -0.15) is 5.26 Å². The summed E-state index contributed by atoms with van der Waals surface area (Å²) in [6.45, 7) is 4.77. The number of morpholine rings is 1. The first kappa shape index (κ1) is 19.5. The standard InChI is InChI=1S/C22H20ClN3O3/c23-18-5-6-21-19(14-18)22(25-29-21)17(15-24)13-16-3-1-2-4-20(16)28-12-9-26-7-10-27-11-8-26/h1-6,13-14H,7-12H2/b17-13+. The van der Waals surface area contributed by atoms with Gasteiger partial charge in [0.15, 0.2) is 5.58 Å². The van der Waals surface area contributed by atoms with Crippen LogP contribution in [0.2, 0.25) is 5.02 Å². The Labute approximate surface area is 173 Å². The molecule has 1 saturated heterocycles. The molecule has 0 spiro atoms. The molecule has 1 aliphatic heterocycles. The van der Waals surface area contributed by atoms with Crippen molar-refractivity contribution in [2.45, 2.75) is 0 Å². The molecule has 0 radical (unpaired) electrons. The number of para-hydroxylation sites is 1. The number of nitrogens with zero attached hydrogens (tertiary/aromatic N) is 3. The Hall–Kier alpha value is -2.85. The molecule has 0 amide bonds. The number of benzene rings is 2. The molecule has 0 aliphatic carbocycles. The first-order valence-corrected chi connectivity index (χ1v) is 9.81. The molecule has 6 nitrogen and oxygen atoms in total. The van der Waals surface area contributed by atoms with E-state index in [1.54, 1.807) is 24.3 Å². The summed E-state index contributed by atoms with van der Waals surface area (Å²) in [6, 6.07) is 15.1. The van der Waals surface area contributed by atoms with E-state index in [9.17, 15) is 5.26 Å². The number of aromatic nitrogens is 1. The van der Waals surface area contributed by atoms with Crippen LogP contribution in [0.4, 0.5) is 0 Å². The van der Waals surface area contributed by atoms with Gasteiger partial charge in [0.1, 0.15) is 24.1 Å². The summed E-state index contributed by atoms with van der Waals surface area (Å²) in [5.74, 6) is 0.722. The van der Waals surface area contributed by atoms with Crippen molar-refractivity contribution >= 4 is 34.2 Å². The fraction of sp³-hybridized carbons (Fsp3) is 0.273. The third-order valence-corrected chi connectivity index (χ3v) is 5.03. The lowest BCUT2D eigenvalue weighted by atomic mass is 10.1. The van der Waals surface area contributed by atoms with E-state index in [1.165, 1.54) is 0 Å². The molecule has 0 unspecified atom stereocenters. The Balaban J connectivity index is 1.56. The highest BCUT2D eigenvalue weighted by Crippen LogP contribution is 2.30. The van der Waals surface area contributed by atoms with E-state index < -0.39 is 0 Å². The van der Waals surface area contributed by atoms with Gasteiger partial charge in [0.2, 0.25) is 0 Å². The van der Waals surface area contributed by atoms with Crippen molar-refractivity contribution in [3.63, 3.8) is 0 Å². The van der Waals surface area contributed by atoms with Crippen molar-refractivity contribution in [1.82, 2.24) is 10.1 Å². The van der Waals surface area contributed by atoms with Gasteiger partial charge in [-0.3, -0.25) is 4.90 Å². The molecule has 148 valence electrons. The zero-order chi connectivity index (χ0) is 20.1. The van der Waals surface area contributed by atoms with E-state index in [1.807, 2.05) is 24.3 Å². The molecule has 29 heavy (non-hydrogen) atoms. The van der Waals surface area contributed by atoms with Crippen molar-refractivity contribution < 1.29 is 14.0 Å². The third-order valence-electron chi connectivity index (χ3n) is 4.80. The van der Waals surface area contributed by atoms with Crippen LogP contribution >= 0.6 is 11.6 Å². The Morgan fingerprint density at radius 1 is 1.24 bits per heavy atom. The van der Waals surface area contributed by atoms with Crippen LogP contribution < -0.4 is 4.74 Å². The lowest BCUT2D eigenvalue weighted by Crippen LogP contribution is -2.38. The van der Waals surface area contributed by atoms with Crippen LogP contribution in [-0.2, 0) is 4.74 Å². The molecule has 3 aromatic rings. The number of fused-ring (bicyclic) bond motifs is 1. The van der Waals surface area contributed by atoms with Crippen LogP contribution in [0, 0.1) is 11.3 Å². The molecule has 2 heterocycles. The summed E-state index contributed by atoms with van der Waals surface area (Å²) >= 11 is 6.10. The minimum absolute atomic E-state index is 0.384. The molecular formula is C22H20ClN3O3. The zero-order valence-corrected chi connectivity index (χ0v) is 16.6. The summed E-state index contributed by atoms with van der Waals surface area (Å²) < 4.78 is 16.7. The predicted octanol–water partition coefficient (Wildman–Crippen LogP) is 4.26. The van der Waals surface area contributed by atoms with Crippen LogP contribution in [0.3, 0.4) is 0 Å². The second-order valence-corrected chi connectivity index (χ2v) is 7.12. The van der Waals surface area contributed by atoms with Crippen molar-refractivity contribution in [2.75, 3.05) is 39.5 Å². The smallest absolute Gasteiger partial charge is 0.167 e. The Morgan fingerprint density at radius 3 is 2.90 bits per heavy atom. The minimum atomic E-state index is 0.384. The highest BCUT2D eigenvalue weighted by Gasteiger charge is 2.15. The van der Waals surface area contributed by atoms with Crippen molar-refractivity contribution in [3.8, 4) is 11.8 Å². The van der Waals surface area contributed by atoms with Gasteiger partial charge in [-0.15, -0.1) is 0 Å². The number of rotatable bonds is 6. The largest absolute Gasteiger partial charge is 0.492 e. The van der Waals surface area contributed by atoms with Gasteiger partial charge in [0, 0.05) is 30.2 Å². The topological polar surface area (TPSA) is 71.5 Å². The maximum atomic E-state index is 9.73. The van der Waals surface area contributed by atoms with Gasteiger partial charge >= 0.3 is 0 Å². The Morgan fingerprint density at radius 2 is 2.07 bits per heavy atom. The monoisotopic (exact) mass is 409 g/mol. The molecular weight excluding hydrogens is 390 g/mol. The van der Waals surface area contributed by atoms with E-state index in [0.717, 1.165) is 44.2 Å². The van der Waals surface area contributed by atoms with E-state index in [-0.39, 0.29) is 0 Å². The fourth-order valence-corrected chi connectivity index (χ4v) is 3.43. The van der Waals surface area contributed by atoms with E-state index in [4.69, 9.17) is 25.6 Å². The van der Waals surface area contributed by atoms with Crippen LogP contribution in [0.25, 0.3) is 22.6 Å². The number of hydrogen-bond donors (Lipinski definition) is 0. The lowest BCUT2D eigenvalue weighted by molar-refractivity contribution is 0.0322. The summed E-state index contributed by atoms with van der Waals surface area (Å²) in [6.07, 6.45) is 1.77. The number of allylic oxidation sites excluding steroid dienone is 1. The van der Waals surface area contributed by atoms with Crippen LogP contribution in [-0.4, -0.2) is 49.5 Å². The Kier molecular flexibility index (Phi) is 6.11. The maximum absolute atomic E-state index is 9.73. The quantitative estimate of drug-likeness (QED) is 0.566. The van der Waals surface area contributed by atoms with Gasteiger partial charge < -0.3 is 14.0 Å². The minimum Gasteiger partial charge on any atom is -0.492 e. The molecule has 4 rings (SSSR count). The summed E-state index contributed by atoms with van der Waals surface area (Å²) in [4.78, 5) is 2.31. The average molecular weight is 410 g/mol. The second kappa shape index (κ2) is 9.10. The van der Waals surface area contributed by atoms with Crippen molar-refractivity contribution in [2.24, 2.45) is 0 Å². The zero-order valence-electron chi connectivity index (χ0n) is 15.8. The van der Waals surface area contributed by atoms with Gasteiger partial charge in [0.25, 0.3) is 0 Å². The molecule has 1 aliphatic rings. The molecule has 1 fully saturated rings.